The monoisotopic (exact) mass is 238 g/mol. The van der Waals surface area contributed by atoms with E-state index in [1.807, 2.05) is 0 Å². The molecule has 0 radical (unpaired) electrons. The third kappa shape index (κ3) is 4.50. The van der Waals surface area contributed by atoms with Crippen LogP contribution >= 0.6 is 0 Å². The van der Waals surface area contributed by atoms with Crippen LogP contribution in [0.15, 0.2) is 12.7 Å². The van der Waals surface area contributed by atoms with Gasteiger partial charge in [0.05, 0.1) is 6.04 Å². The Kier molecular flexibility index (Phi) is 6.27. The number of rotatable bonds is 6. The zero-order chi connectivity index (χ0) is 12.7. The van der Waals surface area contributed by atoms with E-state index in [0.29, 0.717) is 18.4 Å². The Labute approximate surface area is 105 Å². The number of hydrogen-bond donors (Lipinski definition) is 2. The van der Waals surface area contributed by atoms with E-state index in [1.54, 1.807) is 6.08 Å². The number of carbonyl (C=O) groups excluding carboxylic acids is 1. The van der Waals surface area contributed by atoms with Crippen LogP contribution in [0.2, 0.25) is 0 Å². The van der Waals surface area contributed by atoms with Crippen molar-refractivity contribution in [3.8, 4) is 0 Å². The molecule has 0 saturated heterocycles. The summed E-state index contributed by atoms with van der Waals surface area (Å²) in [4.78, 5) is 11.9. The minimum Gasteiger partial charge on any atom is -0.352 e. The third-order valence-corrected chi connectivity index (χ3v) is 3.74. The van der Waals surface area contributed by atoms with E-state index in [4.69, 9.17) is 5.73 Å². The van der Waals surface area contributed by atoms with Gasteiger partial charge in [-0.3, -0.25) is 4.79 Å². The van der Waals surface area contributed by atoms with Gasteiger partial charge in [0, 0.05) is 6.04 Å². The van der Waals surface area contributed by atoms with Crippen LogP contribution in [0.1, 0.15) is 51.9 Å². The first-order valence-corrected chi connectivity index (χ1v) is 6.85. The second-order valence-electron chi connectivity index (χ2n) is 5.05. The fourth-order valence-electron chi connectivity index (χ4n) is 2.67. The highest BCUT2D eigenvalue weighted by atomic mass is 16.2. The quantitative estimate of drug-likeness (QED) is 0.698. The van der Waals surface area contributed by atoms with Gasteiger partial charge in [-0.15, -0.1) is 6.58 Å². The summed E-state index contributed by atoms with van der Waals surface area (Å²) in [6, 6.07) is -0.135. The molecule has 1 rings (SSSR count). The number of carbonyl (C=O) groups is 1. The minimum atomic E-state index is -0.440. The molecule has 0 bridgehead atoms. The maximum absolute atomic E-state index is 11.9. The molecule has 0 aliphatic heterocycles. The smallest absolute Gasteiger partial charge is 0.237 e. The second-order valence-corrected chi connectivity index (χ2v) is 5.05. The van der Waals surface area contributed by atoms with Gasteiger partial charge < -0.3 is 11.1 Å². The molecular weight excluding hydrogens is 212 g/mol. The first kappa shape index (κ1) is 14.2. The lowest BCUT2D eigenvalue weighted by Gasteiger charge is -2.31. The first-order valence-electron chi connectivity index (χ1n) is 6.85. The van der Waals surface area contributed by atoms with Gasteiger partial charge >= 0.3 is 0 Å². The predicted molar refractivity (Wildman–Crippen MR) is 71.6 cm³/mol. The van der Waals surface area contributed by atoms with E-state index in [0.717, 1.165) is 6.42 Å². The van der Waals surface area contributed by atoms with Gasteiger partial charge in [0.2, 0.25) is 5.91 Å². The summed E-state index contributed by atoms with van der Waals surface area (Å²) in [5.74, 6) is 0.621. The van der Waals surface area contributed by atoms with Crippen molar-refractivity contribution in [3.05, 3.63) is 12.7 Å². The summed E-state index contributed by atoms with van der Waals surface area (Å²) in [5.41, 5.74) is 5.78. The van der Waals surface area contributed by atoms with Gasteiger partial charge in [-0.1, -0.05) is 32.3 Å². The Morgan fingerprint density at radius 1 is 1.47 bits per heavy atom. The normalized spacial score (nSPS) is 20.6. The third-order valence-electron chi connectivity index (χ3n) is 3.74. The van der Waals surface area contributed by atoms with Crippen molar-refractivity contribution >= 4 is 5.91 Å². The van der Waals surface area contributed by atoms with E-state index in [1.165, 1.54) is 32.1 Å². The highest BCUT2D eigenvalue weighted by Crippen LogP contribution is 2.27. The van der Waals surface area contributed by atoms with E-state index in [9.17, 15) is 4.79 Å². The molecule has 1 saturated carbocycles. The van der Waals surface area contributed by atoms with Crippen LogP contribution in [0.25, 0.3) is 0 Å². The summed E-state index contributed by atoms with van der Waals surface area (Å²) < 4.78 is 0. The van der Waals surface area contributed by atoms with Crippen LogP contribution in [0.4, 0.5) is 0 Å². The van der Waals surface area contributed by atoms with Crippen molar-refractivity contribution in [3.63, 3.8) is 0 Å². The average Bonchev–Trinajstić information content (AvgIpc) is 2.37. The highest BCUT2D eigenvalue weighted by Gasteiger charge is 2.25. The summed E-state index contributed by atoms with van der Waals surface area (Å²) in [5, 5.41) is 3.11. The molecule has 1 amide bonds. The fraction of sp³-hybridized carbons (Fsp3) is 0.786. The molecule has 0 aromatic carbocycles. The van der Waals surface area contributed by atoms with Crippen molar-refractivity contribution in [2.24, 2.45) is 11.7 Å². The van der Waals surface area contributed by atoms with Crippen LogP contribution in [0, 0.1) is 5.92 Å². The van der Waals surface area contributed by atoms with Crippen LogP contribution < -0.4 is 11.1 Å². The fourth-order valence-corrected chi connectivity index (χ4v) is 2.67. The molecular formula is C14H26N2O. The Morgan fingerprint density at radius 3 is 2.65 bits per heavy atom. The molecule has 2 unspecified atom stereocenters. The van der Waals surface area contributed by atoms with Gasteiger partial charge in [0.1, 0.15) is 0 Å². The Morgan fingerprint density at radius 2 is 2.12 bits per heavy atom. The van der Waals surface area contributed by atoms with Gasteiger partial charge in [0.25, 0.3) is 0 Å². The van der Waals surface area contributed by atoms with Crippen LogP contribution in [0.3, 0.4) is 0 Å². The van der Waals surface area contributed by atoms with E-state index in [2.05, 4.69) is 18.8 Å². The zero-order valence-electron chi connectivity index (χ0n) is 11.0. The van der Waals surface area contributed by atoms with E-state index >= 15 is 0 Å². The maximum atomic E-state index is 11.9. The summed E-state index contributed by atoms with van der Waals surface area (Å²) in [6.07, 6.45) is 9.68. The molecule has 2 atom stereocenters. The standard InChI is InChI=1S/C14H26N2O/c1-3-8-12(15)14(17)16-13(4-2)11-9-6-5-7-10-11/h3,11-13H,1,4-10,15H2,2H3,(H,16,17). The van der Waals surface area contributed by atoms with Crippen molar-refractivity contribution in [2.45, 2.75) is 64.0 Å². The molecule has 1 fully saturated rings. The Hall–Kier alpha value is -0.830. The second kappa shape index (κ2) is 7.49. The molecule has 0 spiro atoms. The number of amides is 1. The lowest BCUT2D eigenvalue weighted by Crippen LogP contribution is -2.48. The molecule has 0 heterocycles. The van der Waals surface area contributed by atoms with Crippen LogP contribution in [0.5, 0.6) is 0 Å². The lowest BCUT2D eigenvalue weighted by atomic mass is 9.83. The number of hydrogen-bond acceptors (Lipinski definition) is 2. The molecule has 0 aromatic heterocycles. The molecule has 98 valence electrons. The van der Waals surface area contributed by atoms with Crippen molar-refractivity contribution in [1.82, 2.24) is 5.32 Å². The van der Waals surface area contributed by atoms with Crippen LogP contribution in [-0.4, -0.2) is 18.0 Å². The van der Waals surface area contributed by atoms with E-state index < -0.39 is 6.04 Å². The van der Waals surface area contributed by atoms with Crippen molar-refractivity contribution < 1.29 is 4.79 Å². The summed E-state index contributed by atoms with van der Waals surface area (Å²) in [7, 11) is 0. The van der Waals surface area contributed by atoms with Gasteiger partial charge in [-0.25, -0.2) is 0 Å². The topological polar surface area (TPSA) is 55.1 Å². The molecule has 0 aromatic rings. The van der Waals surface area contributed by atoms with Gasteiger partial charge in [-0.2, -0.15) is 0 Å². The summed E-state index contributed by atoms with van der Waals surface area (Å²) >= 11 is 0. The molecule has 3 nitrogen and oxygen atoms in total. The maximum Gasteiger partial charge on any atom is 0.237 e. The molecule has 1 aliphatic carbocycles. The van der Waals surface area contributed by atoms with Crippen molar-refractivity contribution in [2.75, 3.05) is 0 Å². The molecule has 3 N–H and O–H groups in total. The Bertz CT molecular complexity index is 247. The predicted octanol–water partition coefficient (Wildman–Crippen LogP) is 2.36. The van der Waals surface area contributed by atoms with Crippen LogP contribution in [-0.2, 0) is 4.79 Å². The van der Waals surface area contributed by atoms with Crippen molar-refractivity contribution in [1.29, 1.82) is 0 Å². The highest BCUT2D eigenvalue weighted by molar-refractivity contribution is 5.81. The first-order chi connectivity index (χ1) is 8.19. The summed E-state index contributed by atoms with van der Waals surface area (Å²) in [6.45, 7) is 5.75. The largest absolute Gasteiger partial charge is 0.352 e. The number of nitrogens with one attached hydrogen (secondary N) is 1. The molecule has 17 heavy (non-hydrogen) atoms. The van der Waals surface area contributed by atoms with E-state index in [-0.39, 0.29) is 5.91 Å². The average molecular weight is 238 g/mol. The lowest BCUT2D eigenvalue weighted by molar-refractivity contribution is -0.123. The molecule has 1 aliphatic rings. The zero-order valence-corrected chi connectivity index (χ0v) is 11.0. The SMILES string of the molecule is C=CCC(N)C(=O)NC(CC)C1CCCCC1. The van der Waals surface area contributed by atoms with Gasteiger partial charge in [-0.05, 0) is 31.6 Å². The van der Waals surface area contributed by atoms with Gasteiger partial charge in [0.15, 0.2) is 0 Å². The minimum absolute atomic E-state index is 0.0256. The number of nitrogens with two attached hydrogens (primary N) is 1. The Balaban J connectivity index is 2.44. The molecule has 3 heteroatoms.